The number of nitrogens with one attached hydrogen (secondary N) is 1. The van der Waals surface area contributed by atoms with Gasteiger partial charge in [0.2, 0.25) is 10.0 Å². The summed E-state index contributed by atoms with van der Waals surface area (Å²) < 4.78 is 31.4. The average molecular weight is 428 g/mol. The highest BCUT2D eigenvalue weighted by molar-refractivity contribution is 7.89. The number of aromatic nitrogens is 3. The zero-order chi connectivity index (χ0) is 21.6. The van der Waals surface area contributed by atoms with Crippen LogP contribution in [0.2, 0.25) is 0 Å². The quantitative estimate of drug-likeness (QED) is 0.393. The first-order valence-electron chi connectivity index (χ1n) is 10.0. The molecule has 0 amide bonds. The summed E-state index contributed by atoms with van der Waals surface area (Å²) in [5.74, 6) is 1.41. The summed E-state index contributed by atoms with van der Waals surface area (Å²) in [7, 11) is -3.45. The highest BCUT2D eigenvalue weighted by Crippen LogP contribution is 2.26. The van der Waals surface area contributed by atoms with Crippen molar-refractivity contribution < 1.29 is 18.0 Å². The lowest BCUT2D eigenvalue weighted by Crippen LogP contribution is -2.33. The summed E-state index contributed by atoms with van der Waals surface area (Å²) in [6.07, 6.45) is 2.33. The Labute approximate surface area is 173 Å². The molecule has 0 saturated carbocycles. The van der Waals surface area contributed by atoms with Crippen molar-refractivity contribution in [3.8, 4) is 0 Å². The summed E-state index contributed by atoms with van der Waals surface area (Å²) in [4.78, 5) is 16.3. The molecule has 0 aliphatic carbocycles. The van der Waals surface area contributed by atoms with Crippen LogP contribution < -0.4 is 10.6 Å². The van der Waals surface area contributed by atoms with E-state index in [1.165, 1.54) is 0 Å². The van der Waals surface area contributed by atoms with Gasteiger partial charge >= 0.3 is 0 Å². The van der Waals surface area contributed by atoms with E-state index < -0.39 is 15.3 Å². The molecule has 0 fully saturated rings. The van der Waals surface area contributed by atoms with Gasteiger partial charge in [-0.25, -0.2) is 18.4 Å². The van der Waals surface area contributed by atoms with Crippen molar-refractivity contribution in [2.24, 2.45) is 0 Å². The minimum Gasteiger partial charge on any atom is -0.382 e. The number of aryl methyl sites for hydroxylation is 3. The van der Waals surface area contributed by atoms with Crippen molar-refractivity contribution in [1.29, 1.82) is 0 Å². The molecule has 2 rings (SSSR count). The second-order valence-corrected chi connectivity index (χ2v) is 9.20. The Kier molecular flexibility index (Phi) is 8.38. The summed E-state index contributed by atoms with van der Waals surface area (Å²) in [6, 6.07) is 0. The molecule has 2 aromatic rings. The van der Waals surface area contributed by atoms with Gasteiger partial charge in [-0.1, -0.05) is 18.7 Å². The van der Waals surface area contributed by atoms with Gasteiger partial charge in [0.25, 0.3) is 0 Å². The van der Waals surface area contributed by atoms with E-state index in [2.05, 4.69) is 21.4 Å². The van der Waals surface area contributed by atoms with Gasteiger partial charge < -0.3 is 15.0 Å². The second kappa shape index (κ2) is 10.3. The van der Waals surface area contributed by atoms with Crippen molar-refractivity contribution in [3.63, 3.8) is 0 Å². The number of hydrogen-bond donors (Lipinski definition) is 2. The molecule has 0 aliphatic rings. The number of hydrogen-bond acceptors (Lipinski definition) is 7. The van der Waals surface area contributed by atoms with E-state index in [-0.39, 0.29) is 13.2 Å². The van der Waals surface area contributed by atoms with Crippen LogP contribution >= 0.6 is 0 Å². The molecular formula is C19H33N5O4S. The van der Waals surface area contributed by atoms with Crippen LogP contribution in [-0.4, -0.2) is 48.0 Å². The molecular weight excluding hydrogens is 394 g/mol. The lowest BCUT2D eigenvalue weighted by atomic mass is 10.2. The van der Waals surface area contributed by atoms with Crippen LogP contribution in [0.3, 0.4) is 0 Å². The maximum Gasteiger partial charge on any atom is 0.236 e. The molecule has 0 saturated heterocycles. The van der Waals surface area contributed by atoms with E-state index in [9.17, 15) is 8.42 Å². The molecule has 0 aliphatic heterocycles. The summed E-state index contributed by atoms with van der Waals surface area (Å²) >= 11 is 0. The normalized spacial score (nSPS) is 13.3. The van der Waals surface area contributed by atoms with Gasteiger partial charge in [0.05, 0.1) is 30.6 Å². The molecule has 2 aromatic heterocycles. The Morgan fingerprint density at radius 2 is 1.90 bits per heavy atom. The predicted octanol–water partition coefficient (Wildman–Crippen LogP) is 2.25. The Morgan fingerprint density at radius 3 is 2.55 bits per heavy atom. The van der Waals surface area contributed by atoms with Gasteiger partial charge in [0, 0.05) is 18.7 Å². The molecule has 0 spiro atoms. The number of nitrogen functional groups attached to an aromatic ring is 1. The number of ether oxygens (including phenoxy) is 1. The number of nitrogens with two attached hydrogens (primary N) is 1. The maximum absolute atomic E-state index is 11.8. The highest BCUT2D eigenvalue weighted by atomic mass is 32.2. The molecule has 2 heterocycles. The Morgan fingerprint density at radius 1 is 1.17 bits per heavy atom. The number of imidazole rings is 1. The number of nitrogens with zero attached hydrogens (tertiary/aromatic N) is 3. The molecule has 3 N–H and O–H groups in total. The average Bonchev–Trinajstić information content (AvgIpc) is 3.04. The van der Waals surface area contributed by atoms with Crippen molar-refractivity contribution >= 4 is 26.9 Å². The number of sulfonamides is 1. The first-order valence-corrected chi connectivity index (χ1v) is 11.6. The molecule has 29 heavy (non-hydrogen) atoms. The summed E-state index contributed by atoms with van der Waals surface area (Å²) in [5.41, 5.74) is 9.78. The number of anilines is 1. The van der Waals surface area contributed by atoms with Gasteiger partial charge in [-0.3, -0.25) is 4.84 Å². The van der Waals surface area contributed by atoms with E-state index >= 15 is 0 Å². The van der Waals surface area contributed by atoms with Gasteiger partial charge in [0.15, 0.2) is 5.82 Å². The van der Waals surface area contributed by atoms with Crippen LogP contribution in [0.5, 0.6) is 0 Å². The third-order valence-corrected chi connectivity index (χ3v) is 6.76. The van der Waals surface area contributed by atoms with Crippen molar-refractivity contribution in [1.82, 2.24) is 19.4 Å². The van der Waals surface area contributed by atoms with Gasteiger partial charge in [-0.05, 0) is 39.2 Å². The van der Waals surface area contributed by atoms with Gasteiger partial charge in [-0.2, -0.15) is 0 Å². The topological polar surface area (TPSA) is 121 Å². The first kappa shape index (κ1) is 23.5. The fraction of sp³-hybridized carbons (Fsp3) is 0.684. The molecule has 0 radical (unpaired) electrons. The summed E-state index contributed by atoms with van der Waals surface area (Å²) in [6.45, 7) is 11.0. The maximum atomic E-state index is 11.8. The Balaban J connectivity index is 1.94. The zero-order valence-corrected chi connectivity index (χ0v) is 18.8. The van der Waals surface area contributed by atoms with Crippen LogP contribution in [0, 0.1) is 13.8 Å². The van der Waals surface area contributed by atoms with Crippen molar-refractivity contribution in [2.45, 2.75) is 65.7 Å². The Hall–Kier alpha value is -1.75. The van der Waals surface area contributed by atoms with Crippen LogP contribution in [0.4, 0.5) is 5.82 Å². The molecule has 9 nitrogen and oxygen atoms in total. The SMILES string of the molecule is CCCc1nc2c(N)nc(C)c(C)c2n1CCOCCONS(=O)(=O)C(C)CC. The Bertz CT molecular complexity index is 927. The third kappa shape index (κ3) is 5.65. The number of rotatable bonds is 12. The van der Waals surface area contributed by atoms with E-state index in [1.54, 1.807) is 6.92 Å². The second-order valence-electron chi connectivity index (χ2n) is 7.14. The molecule has 0 bridgehead atoms. The monoisotopic (exact) mass is 427 g/mol. The molecule has 1 unspecified atom stereocenters. The molecule has 1 atom stereocenters. The lowest BCUT2D eigenvalue weighted by Gasteiger charge is -2.13. The first-order chi connectivity index (χ1) is 13.7. The zero-order valence-electron chi connectivity index (χ0n) is 18.0. The predicted molar refractivity (Wildman–Crippen MR) is 114 cm³/mol. The van der Waals surface area contributed by atoms with Crippen LogP contribution in [0.1, 0.15) is 50.7 Å². The van der Waals surface area contributed by atoms with Crippen LogP contribution in [0.15, 0.2) is 0 Å². The van der Waals surface area contributed by atoms with Gasteiger partial charge in [-0.15, -0.1) is 0 Å². The van der Waals surface area contributed by atoms with Crippen molar-refractivity contribution in [3.05, 3.63) is 17.1 Å². The number of pyridine rings is 1. The highest BCUT2D eigenvalue weighted by Gasteiger charge is 2.19. The van der Waals surface area contributed by atoms with Crippen LogP contribution in [-0.2, 0) is 32.6 Å². The largest absolute Gasteiger partial charge is 0.382 e. The minimum absolute atomic E-state index is 0.136. The molecule has 0 aromatic carbocycles. The van der Waals surface area contributed by atoms with Gasteiger partial charge in [0.1, 0.15) is 11.3 Å². The standard InChI is InChI=1S/C19H33N5O4S/c1-6-8-16-22-17-18(14(4)15(5)21-19(17)20)24(16)9-10-27-11-12-28-23-29(25,26)13(3)7-2/h13,23H,6-12H2,1-5H3,(H2,20,21). The number of fused-ring (bicyclic) bond motifs is 1. The summed E-state index contributed by atoms with van der Waals surface area (Å²) in [5, 5.41) is -0.497. The van der Waals surface area contributed by atoms with Crippen LogP contribution in [0.25, 0.3) is 11.0 Å². The molecule has 164 valence electrons. The fourth-order valence-corrected chi connectivity index (χ4v) is 3.84. The minimum atomic E-state index is -3.45. The van der Waals surface area contributed by atoms with E-state index in [0.29, 0.717) is 25.4 Å². The van der Waals surface area contributed by atoms with E-state index in [0.717, 1.165) is 41.0 Å². The third-order valence-electron chi connectivity index (χ3n) is 5.02. The molecule has 10 heteroatoms. The lowest BCUT2D eigenvalue weighted by molar-refractivity contribution is 0.0240. The smallest absolute Gasteiger partial charge is 0.236 e. The fourth-order valence-electron chi connectivity index (χ4n) is 2.99. The van der Waals surface area contributed by atoms with E-state index in [4.69, 9.17) is 20.3 Å². The van der Waals surface area contributed by atoms with E-state index in [1.807, 2.05) is 20.8 Å². The van der Waals surface area contributed by atoms with Crippen molar-refractivity contribution in [2.75, 3.05) is 25.6 Å².